The Bertz CT molecular complexity index is 867. The number of aromatic nitrogens is 2. The van der Waals surface area contributed by atoms with E-state index in [9.17, 15) is 0 Å². The molecular formula is C19H20BrN3O3. The maximum absolute atomic E-state index is 5.72. The first-order chi connectivity index (χ1) is 12.7. The van der Waals surface area contributed by atoms with Crippen LogP contribution in [0.5, 0.6) is 11.5 Å². The molecule has 0 fully saturated rings. The number of methoxy groups -OCH3 is 2. The van der Waals surface area contributed by atoms with Crippen molar-refractivity contribution in [1.29, 1.82) is 0 Å². The molecule has 2 aromatic carbocycles. The maximum atomic E-state index is 5.72. The van der Waals surface area contributed by atoms with Crippen LogP contribution in [-0.2, 0) is 13.0 Å². The standard InChI is InChI=1S/C19H20BrN3O3/c1-24-16-8-7-13(11-17(16)25-2)9-10-21-12-18-22-23-19(26-18)14-5-3-4-6-15(14)20/h3-8,11,21H,9-10,12H2,1-2H3. The topological polar surface area (TPSA) is 69.4 Å². The second kappa shape index (κ2) is 8.82. The Balaban J connectivity index is 1.52. The first kappa shape index (κ1) is 18.4. The van der Waals surface area contributed by atoms with E-state index in [1.165, 1.54) is 0 Å². The Labute approximate surface area is 160 Å². The van der Waals surface area contributed by atoms with Gasteiger partial charge in [-0.3, -0.25) is 0 Å². The van der Waals surface area contributed by atoms with Gasteiger partial charge in [0.25, 0.3) is 0 Å². The molecule has 0 aliphatic rings. The van der Waals surface area contributed by atoms with Crippen LogP contribution in [0.4, 0.5) is 0 Å². The fourth-order valence-electron chi connectivity index (χ4n) is 2.53. The first-order valence-electron chi connectivity index (χ1n) is 8.20. The van der Waals surface area contributed by atoms with Gasteiger partial charge in [0.05, 0.1) is 26.3 Å². The Kier molecular flexibility index (Phi) is 6.25. The van der Waals surface area contributed by atoms with Crippen molar-refractivity contribution >= 4 is 15.9 Å². The second-order valence-corrected chi connectivity index (χ2v) is 6.45. The molecule has 1 heterocycles. The lowest BCUT2D eigenvalue weighted by Crippen LogP contribution is -2.16. The second-order valence-electron chi connectivity index (χ2n) is 5.60. The summed E-state index contributed by atoms with van der Waals surface area (Å²) in [7, 11) is 3.27. The lowest BCUT2D eigenvalue weighted by Gasteiger charge is -2.09. The smallest absolute Gasteiger partial charge is 0.248 e. The number of ether oxygens (including phenoxy) is 2. The zero-order valence-electron chi connectivity index (χ0n) is 14.7. The molecule has 1 N–H and O–H groups in total. The highest BCUT2D eigenvalue weighted by molar-refractivity contribution is 9.10. The molecule has 3 aromatic rings. The molecule has 0 saturated heterocycles. The van der Waals surface area contributed by atoms with Gasteiger partial charge in [0, 0.05) is 4.47 Å². The third kappa shape index (κ3) is 4.42. The first-order valence-corrected chi connectivity index (χ1v) is 8.99. The minimum Gasteiger partial charge on any atom is -0.493 e. The molecule has 0 bridgehead atoms. The summed E-state index contributed by atoms with van der Waals surface area (Å²) in [6, 6.07) is 13.7. The molecule has 0 amide bonds. The predicted molar refractivity (Wildman–Crippen MR) is 102 cm³/mol. The van der Waals surface area contributed by atoms with Gasteiger partial charge in [-0.15, -0.1) is 10.2 Å². The van der Waals surface area contributed by atoms with Crippen LogP contribution in [0.3, 0.4) is 0 Å². The van der Waals surface area contributed by atoms with Crippen LogP contribution < -0.4 is 14.8 Å². The zero-order chi connectivity index (χ0) is 18.4. The number of nitrogens with one attached hydrogen (secondary N) is 1. The SMILES string of the molecule is COc1ccc(CCNCc2nnc(-c3ccccc3Br)o2)cc1OC. The number of benzene rings is 2. The summed E-state index contributed by atoms with van der Waals surface area (Å²) in [6.07, 6.45) is 0.853. The summed E-state index contributed by atoms with van der Waals surface area (Å²) in [5, 5.41) is 11.5. The number of rotatable bonds is 8. The highest BCUT2D eigenvalue weighted by atomic mass is 79.9. The van der Waals surface area contributed by atoms with Gasteiger partial charge >= 0.3 is 0 Å². The van der Waals surface area contributed by atoms with Crippen molar-refractivity contribution in [1.82, 2.24) is 15.5 Å². The van der Waals surface area contributed by atoms with E-state index >= 15 is 0 Å². The molecule has 136 valence electrons. The van der Waals surface area contributed by atoms with E-state index in [0.29, 0.717) is 18.3 Å². The molecule has 6 nitrogen and oxygen atoms in total. The van der Waals surface area contributed by atoms with Gasteiger partial charge in [0.1, 0.15) is 0 Å². The number of hydrogen-bond donors (Lipinski definition) is 1. The van der Waals surface area contributed by atoms with Gasteiger partial charge < -0.3 is 19.2 Å². The van der Waals surface area contributed by atoms with Gasteiger partial charge in [-0.2, -0.15) is 0 Å². The molecule has 7 heteroatoms. The van der Waals surface area contributed by atoms with E-state index < -0.39 is 0 Å². The van der Waals surface area contributed by atoms with Crippen molar-refractivity contribution in [3.8, 4) is 23.0 Å². The minimum absolute atomic E-state index is 0.508. The Morgan fingerprint density at radius 2 is 1.85 bits per heavy atom. The molecule has 1 aromatic heterocycles. The quantitative estimate of drug-likeness (QED) is 0.561. The van der Waals surface area contributed by atoms with E-state index in [2.05, 4.69) is 31.4 Å². The average Bonchev–Trinajstić information content (AvgIpc) is 3.14. The molecule has 0 radical (unpaired) electrons. The van der Waals surface area contributed by atoms with Gasteiger partial charge in [-0.05, 0) is 58.7 Å². The predicted octanol–water partition coefficient (Wildman–Crippen LogP) is 3.85. The fraction of sp³-hybridized carbons (Fsp3) is 0.263. The molecule has 0 aliphatic heterocycles. The van der Waals surface area contributed by atoms with Crippen LogP contribution in [0.15, 0.2) is 51.4 Å². The molecule has 26 heavy (non-hydrogen) atoms. The normalized spacial score (nSPS) is 10.7. The maximum Gasteiger partial charge on any atom is 0.248 e. The summed E-state index contributed by atoms with van der Waals surface area (Å²) in [5.41, 5.74) is 2.05. The van der Waals surface area contributed by atoms with Gasteiger partial charge in [-0.1, -0.05) is 18.2 Å². The minimum atomic E-state index is 0.508. The largest absolute Gasteiger partial charge is 0.493 e. The molecule has 0 unspecified atom stereocenters. The summed E-state index contributed by atoms with van der Waals surface area (Å²) < 4.78 is 17.2. The summed E-state index contributed by atoms with van der Waals surface area (Å²) >= 11 is 3.49. The van der Waals surface area contributed by atoms with Crippen LogP contribution in [0.2, 0.25) is 0 Å². The van der Waals surface area contributed by atoms with E-state index in [4.69, 9.17) is 13.9 Å². The van der Waals surface area contributed by atoms with Crippen molar-refractivity contribution in [2.45, 2.75) is 13.0 Å². The van der Waals surface area contributed by atoms with Crippen LogP contribution in [-0.4, -0.2) is 31.0 Å². The lowest BCUT2D eigenvalue weighted by molar-refractivity contribution is 0.354. The van der Waals surface area contributed by atoms with Crippen molar-refractivity contribution in [2.75, 3.05) is 20.8 Å². The van der Waals surface area contributed by atoms with E-state index in [1.54, 1.807) is 14.2 Å². The third-order valence-electron chi connectivity index (χ3n) is 3.89. The highest BCUT2D eigenvalue weighted by Gasteiger charge is 2.11. The fourth-order valence-corrected chi connectivity index (χ4v) is 2.99. The van der Waals surface area contributed by atoms with E-state index in [1.807, 2.05) is 42.5 Å². The Hall–Kier alpha value is -2.38. The van der Waals surface area contributed by atoms with Crippen molar-refractivity contribution in [2.24, 2.45) is 0 Å². The monoisotopic (exact) mass is 417 g/mol. The Morgan fingerprint density at radius 1 is 1.04 bits per heavy atom. The summed E-state index contributed by atoms with van der Waals surface area (Å²) in [6.45, 7) is 1.30. The molecule has 0 aliphatic carbocycles. The Morgan fingerprint density at radius 3 is 2.62 bits per heavy atom. The highest BCUT2D eigenvalue weighted by Crippen LogP contribution is 2.28. The van der Waals surface area contributed by atoms with Crippen LogP contribution in [0.25, 0.3) is 11.5 Å². The molecule has 3 rings (SSSR count). The summed E-state index contributed by atoms with van der Waals surface area (Å²) in [4.78, 5) is 0. The van der Waals surface area contributed by atoms with Gasteiger partial charge in [0.15, 0.2) is 11.5 Å². The van der Waals surface area contributed by atoms with E-state index in [-0.39, 0.29) is 0 Å². The average molecular weight is 418 g/mol. The summed E-state index contributed by atoms with van der Waals surface area (Å²) in [5.74, 6) is 2.53. The van der Waals surface area contributed by atoms with Crippen molar-refractivity contribution < 1.29 is 13.9 Å². The van der Waals surface area contributed by atoms with Crippen molar-refractivity contribution in [3.05, 3.63) is 58.4 Å². The zero-order valence-corrected chi connectivity index (χ0v) is 16.2. The number of hydrogen-bond acceptors (Lipinski definition) is 6. The molecule has 0 saturated carbocycles. The van der Waals surface area contributed by atoms with Crippen LogP contribution in [0.1, 0.15) is 11.5 Å². The number of nitrogens with zero attached hydrogens (tertiary/aromatic N) is 2. The third-order valence-corrected chi connectivity index (χ3v) is 4.58. The lowest BCUT2D eigenvalue weighted by atomic mass is 10.1. The molecular weight excluding hydrogens is 398 g/mol. The molecule has 0 atom stereocenters. The van der Waals surface area contributed by atoms with Gasteiger partial charge in [0.2, 0.25) is 11.8 Å². The number of halogens is 1. The van der Waals surface area contributed by atoms with Gasteiger partial charge in [-0.25, -0.2) is 0 Å². The van der Waals surface area contributed by atoms with Crippen molar-refractivity contribution in [3.63, 3.8) is 0 Å². The van der Waals surface area contributed by atoms with Crippen LogP contribution in [0, 0.1) is 0 Å². The molecule has 0 spiro atoms. The van der Waals surface area contributed by atoms with Crippen LogP contribution >= 0.6 is 15.9 Å². The van der Waals surface area contributed by atoms with E-state index in [0.717, 1.165) is 40.1 Å².